The summed E-state index contributed by atoms with van der Waals surface area (Å²) < 4.78 is 0. The van der Waals surface area contributed by atoms with Crippen LogP contribution in [0.4, 0.5) is 17.3 Å². The highest BCUT2D eigenvalue weighted by molar-refractivity contribution is 5.88. The van der Waals surface area contributed by atoms with Gasteiger partial charge in [-0.3, -0.25) is 14.9 Å². The Kier molecular flexibility index (Phi) is 4.09. The maximum absolute atomic E-state index is 11.6. The predicted molar refractivity (Wildman–Crippen MR) is 109 cm³/mol. The molecule has 10 heteroatoms. The molecule has 1 saturated heterocycles. The second kappa shape index (κ2) is 6.66. The molecule has 0 radical (unpaired) electrons. The molecule has 0 aliphatic carbocycles. The topological polar surface area (TPSA) is 143 Å². The summed E-state index contributed by atoms with van der Waals surface area (Å²) in [5, 5.41) is 7.52. The molecular formula is C19H23N9O. The second-order valence-electron chi connectivity index (χ2n) is 7.70. The monoisotopic (exact) mass is 393 g/mol. The third-order valence-corrected chi connectivity index (χ3v) is 5.92. The van der Waals surface area contributed by atoms with Crippen molar-refractivity contribution in [2.45, 2.75) is 31.2 Å². The van der Waals surface area contributed by atoms with Crippen LogP contribution in [0, 0.1) is 0 Å². The molecule has 150 valence electrons. The minimum absolute atomic E-state index is 0.451. The molecule has 0 atom stereocenters. The molecule has 3 aromatic rings. The predicted octanol–water partition coefficient (Wildman–Crippen LogP) is 0.615. The number of nitrogens with two attached hydrogens (primary N) is 2. The third-order valence-electron chi connectivity index (χ3n) is 5.92. The summed E-state index contributed by atoms with van der Waals surface area (Å²) in [6, 6.07) is 4.01. The van der Waals surface area contributed by atoms with E-state index in [1.165, 1.54) is 0 Å². The van der Waals surface area contributed by atoms with E-state index in [0.717, 1.165) is 47.9 Å². The molecule has 5 rings (SSSR count). The Morgan fingerprint density at radius 2 is 2.03 bits per heavy atom. The van der Waals surface area contributed by atoms with E-state index in [1.54, 1.807) is 6.20 Å². The minimum atomic E-state index is -0.940. The lowest BCUT2D eigenvalue weighted by atomic mass is 9.88. The van der Waals surface area contributed by atoms with E-state index in [9.17, 15) is 4.79 Å². The Bertz CT molecular complexity index is 1070. The van der Waals surface area contributed by atoms with E-state index in [4.69, 9.17) is 16.5 Å². The van der Waals surface area contributed by atoms with Gasteiger partial charge in [0.15, 0.2) is 17.0 Å². The van der Waals surface area contributed by atoms with Gasteiger partial charge in [-0.25, -0.2) is 9.97 Å². The molecule has 0 saturated carbocycles. The fraction of sp³-hybridized carbons (Fsp3) is 0.421. The van der Waals surface area contributed by atoms with Crippen LogP contribution in [-0.2, 0) is 11.2 Å². The zero-order valence-electron chi connectivity index (χ0n) is 16.0. The van der Waals surface area contributed by atoms with Crippen LogP contribution in [0.5, 0.6) is 0 Å². The molecule has 0 bridgehead atoms. The Hall–Kier alpha value is -3.27. The molecule has 29 heavy (non-hydrogen) atoms. The lowest BCUT2D eigenvalue weighted by Gasteiger charge is -2.37. The molecule has 0 spiro atoms. The van der Waals surface area contributed by atoms with Crippen LogP contribution in [0.2, 0.25) is 0 Å². The summed E-state index contributed by atoms with van der Waals surface area (Å²) in [7, 11) is 0. The van der Waals surface area contributed by atoms with E-state index < -0.39 is 11.4 Å². The highest BCUT2D eigenvalue weighted by Crippen LogP contribution is 2.34. The normalized spacial score (nSPS) is 18.7. The van der Waals surface area contributed by atoms with Gasteiger partial charge in [-0.05, 0) is 37.8 Å². The van der Waals surface area contributed by atoms with Crippen LogP contribution in [0.25, 0.3) is 11.2 Å². The van der Waals surface area contributed by atoms with Gasteiger partial charge < -0.3 is 21.3 Å². The lowest BCUT2D eigenvalue weighted by Crippen LogP contribution is -2.58. The fourth-order valence-electron chi connectivity index (χ4n) is 4.11. The zero-order valence-corrected chi connectivity index (χ0v) is 16.0. The van der Waals surface area contributed by atoms with Gasteiger partial charge in [0.25, 0.3) is 0 Å². The first-order chi connectivity index (χ1) is 14.0. The number of piperidine rings is 1. The minimum Gasteiger partial charge on any atom is -0.368 e. The first-order valence-corrected chi connectivity index (χ1v) is 9.81. The molecule has 10 nitrogen and oxygen atoms in total. The summed E-state index contributed by atoms with van der Waals surface area (Å²) in [5.41, 5.74) is 14.1. The number of fused-ring (bicyclic) bond motifs is 2. The molecule has 3 aromatic heterocycles. The lowest BCUT2D eigenvalue weighted by molar-refractivity contribution is -0.123. The highest BCUT2D eigenvalue weighted by atomic mass is 16.1. The van der Waals surface area contributed by atoms with E-state index in [0.29, 0.717) is 31.6 Å². The van der Waals surface area contributed by atoms with Crippen LogP contribution < -0.4 is 21.3 Å². The summed E-state index contributed by atoms with van der Waals surface area (Å²) >= 11 is 0. The van der Waals surface area contributed by atoms with E-state index in [-0.39, 0.29) is 0 Å². The van der Waals surface area contributed by atoms with Crippen LogP contribution >= 0.6 is 0 Å². The maximum Gasteiger partial charge on any atom is 0.237 e. The number of aryl methyl sites for hydroxylation is 1. The smallest absolute Gasteiger partial charge is 0.237 e. The number of hydrogen-bond donors (Lipinski definition) is 3. The first kappa shape index (κ1) is 17.8. The summed E-state index contributed by atoms with van der Waals surface area (Å²) in [5.74, 6) is 1.05. The number of aromatic amines is 1. The van der Waals surface area contributed by atoms with Gasteiger partial charge in [0.2, 0.25) is 5.91 Å². The van der Waals surface area contributed by atoms with Crippen molar-refractivity contribution in [3.8, 4) is 0 Å². The first-order valence-electron chi connectivity index (χ1n) is 9.81. The summed E-state index contributed by atoms with van der Waals surface area (Å²) in [6.45, 7) is 2.07. The number of aromatic nitrogens is 5. The van der Waals surface area contributed by atoms with Crippen LogP contribution in [-0.4, -0.2) is 56.2 Å². The Morgan fingerprint density at radius 1 is 1.21 bits per heavy atom. The molecule has 0 unspecified atom stereocenters. The third kappa shape index (κ3) is 2.96. The number of hydrogen-bond acceptors (Lipinski definition) is 8. The van der Waals surface area contributed by atoms with Crippen LogP contribution in [0.1, 0.15) is 25.0 Å². The van der Waals surface area contributed by atoms with E-state index >= 15 is 0 Å². The van der Waals surface area contributed by atoms with Crippen molar-refractivity contribution in [3.63, 3.8) is 0 Å². The number of nitrogens with one attached hydrogen (secondary N) is 1. The molecular weight excluding hydrogens is 370 g/mol. The van der Waals surface area contributed by atoms with Crippen molar-refractivity contribution >= 4 is 34.4 Å². The molecule has 2 aliphatic rings. The van der Waals surface area contributed by atoms with Crippen molar-refractivity contribution in [2.24, 2.45) is 11.5 Å². The van der Waals surface area contributed by atoms with Crippen molar-refractivity contribution < 1.29 is 4.79 Å². The van der Waals surface area contributed by atoms with Gasteiger partial charge in [-0.2, -0.15) is 5.10 Å². The van der Waals surface area contributed by atoms with Gasteiger partial charge in [0.05, 0.1) is 23.1 Å². The quantitative estimate of drug-likeness (QED) is 0.587. The number of anilines is 3. The van der Waals surface area contributed by atoms with Crippen LogP contribution in [0.15, 0.2) is 24.5 Å². The summed E-state index contributed by atoms with van der Waals surface area (Å²) in [4.78, 5) is 29.6. The van der Waals surface area contributed by atoms with Crippen molar-refractivity contribution in [3.05, 3.63) is 30.2 Å². The Morgan fingerprint density at radius 3 is 2.83 bits per heavy atom. The summed E-state index contributed by atoms with van der Waals surface area (Å²) in [6.07, 6.45) is 6.54. The molecule has 1 fully saturated rings. The largest absolute Gasteiger partial charge is 0.368 e. The molecule has 5 heterocycles. The molecule has 5 N–H and O–H groups in total. The van der Waals surface area contributed by atoms with Crippen molar-refractivity contribution in [2.75, 3.05) is 29.4 Å². The van der Waals surface area contributed by atoms with E-state index in [2.05, 4.69) is 36.0 Å². The highest BCUT2D eigenvalue weighted by Gasteiger charge is 2.36. The van der Waals surface area contributed by atoms with Crippen molar-refractivity contribution in [1.82, 2.24) is 25.1 Å². The van der Waals surface area contributed by atoms with Crippen LogP contribution in [0.3, 0.4) is 0 Å². The number of H-pyrrole nitrogens is 1. The van der Waals surface area contributed by atoms with Gasteiger partial charge in [-0.15, -0.1) is 0 Å². The van der Waals surface area contributed by atoms with Crippen molar-refractivity contribution in [1.29, 1.82) is 0 Å². The number of carbonyl (C=O) groups is 1. The molecule has 2 aliphatic heterocycles. The number of primary amides is 1. The van der Waals surface area contributed by atoms with Gasteiger partial charge in [0, 0.05) is 25.8 Å². The number of amides is 1. The van der Waals surface area contributed by atoms with Gasteiger partial charge >= 0.3 is 0 Å². The number of carbonyl (C=O) groups excluding carboxylic acids is 1. The maximum atomic E-state index is 11.6. The molecule has 1 amide bonds. The Labute approximate surface area is 167 Å². The molecule has 0 aromatic carbocycles. The van der Waals surface area contributed by atoms with Gasteiger partial charge in [0.1, 0.15) is 5.82 Å². The number of rotatable bonds is 3. The van der Waals surface area contributed by atoms with E-state index in [1.807, 2.05) is 12.3 Å². The standard InChI is InChI=1S/C19H23N9O/c20-18(29)19(21)5-9-27(10-6-19)14-11-23-15-16(24-14)25-26-17(15)28-8-2-3-12-13(28)4-1-7-22-12/h1,4,7,11H,2-3,5-6,8-10,21H2,(H2,20,29)(H,24,25,26). The van der Waals surface area contributed by atoms with Gasteiger partial charge in [-0.1, -0.05) is 0 Å². The number of nitrogens with zero attached hydrogens (tertiary/aromatic N) is 6. The average Bonchev–Trinajstić information content (AvgIpc) is 3.17. The number of pyridine rings is 1. The Balaban J connectivity index is 1.43. The second-order valence-corrected chi connectivity index (χ2v) is 7.70. The fourth-order valence-corrected chi connectivity index (χ4v) is 4.11. The average molecular weight is 393 g/mol. The zero-order chi connectivity index (χ0) is 20.0. The SMILES string of the molecule is NC(=O)C1(N)CCN(c2cnc3c(N4CCCc5ncccc54)n[nH]c3n2)CC1.